The highest BCUT2D eigenvalue weighted by atomic mass is 35.5. The van der Waals surface area contributed by atoms with Crippen molar-refractivity contribution in [3.8, 4) is 0 Å². The zero-order valence-corrected chi connectivity index (χ0v) is 9.00. The fraction of sp³-hybridized carbons (Fsp3) is 0.444. The van der Waals surface area contributed by atoms with Crippen molar-refractivity contribution in [1.82, 2.24) is 4.98 Å². The van der Waals surface area contributed by atoms with Crippen molar-refractivity contribution in [2.75, 3.05) is 37.4 Å². The summed E-state index contributed by atoms with van der Waals surface area (Å²) in [7, 11) is 0. The van der Waals surface area contributed by atoms with E-state index in [2.05, 4.69) is 10.3 Å². The first kappa shape index (κ1) is 12.0. The molecule has 0 saturated carbocycles. The van der Waals surface area contributed by atoms with Crippen molar-refractivity contribution in [2.45, 2.75) is 0 Å². The lowest BCUT2D eigenvalue weighted by Gasteiger charge is -2.06. The molecule has 6 heteroatoms. The van der Waals surface area contributed by atoms with Gasteiger partial charge in [-0.2, -0.15) is 0 Å². The number of anilines is 2. The number of hydrogen-bond donors (Lipinski definition) is 3. The Morgan fingerprint density at radius 3 is 2.93 bits per heavy atom. The smallest absolute Gasteiger partial charge is 0.133 e. The molecular weight excluding hydrogens is 218 g/mol. The van der Waals surface area contributed by atoms with Crippen molar-refractivity contribution < 1.29 is 9.84 Å². The van der Waals surface area contributed by atoms with Gasteiger partial charge in [-0.15, -0.1) is 0 Å². The van der Waals surface area contributed by atoms with Crippen molar-refractivity contribution >= 4 is 23.1 Å². The molecule has 84 valence electrons. The van der Waals surface area contributed by atoms with E-state index >= 15 is 0 Å². The van der Waals surface area contributed by atoms with Gasteiger partial charge in [-0.05, 0) is 6.07 Å². The number of nitrogen functional groups attached to an aromatic ring is 1. The highest BCUT2D eigenvalue weighted by molar-refractivity contribution is 6.29. The lowest BCUT2D eigenvalue weighted by Crippen LogP contribution is -2.12. The first-order valence-electron chi connectivity index (χ1n) is 4.58. The van der Waals surface area contributed by atoms with E-state index in [0.717, 1.165) is 0 Å². The van der Waals surface area contributed by atoms with E-state index in [4.69, 9.17) is 27.2 Å². The van der Waals surface area contributed by atoms with Gasteiger partial charge in [0.15, 0.2) is 0 Å². The topological polar surface area (TPSA) is 80.4 Å². The minimum atomic E-state index is 0.0301. The maximum atomic E-state index is 8.46. The van der Waals surface area contributed by atoms with Crippen LogP contribution in [0.3, 0.4) is 0 Å². The highest BCUT2D eigenvalue weighted by Crippen LogP contribution is 2.15. The summed E-state index contributed by atoms with van der Waals surface area (Å²) in [5.41, 5.74) is 6.15. The largest absolute Gasteiger partial charge is 0.399 e. The van der Waals surface area contributed by atoms with Crippen LogP contribution >= 0.6 is 11.6 Å². The molecule has 4 N–H and O–H groups in total. The van der Waals surface area contributed by atoms with Crippen LogP contribution < -0.4 is 11.1 Å². The summed E-state index contributed by atoms with van der Waals surface area (Å²) in [6, 6.07) is 3.27. The van der Waals surface area contributed by atoms with Gasteiger partial charge in [0.2, 0.25) is 0 Å². The van der Waals surface area contributed by atoms with E-state index in [0.29, 0.717) is 36.4 Å². The number of nitrogens with one attached hydrogen (secondary N) is 1. The van der Waals surface area contributed by atoms with Gasteiger partial charge < -0.3 is 20.9 Å². The van der Waals surface area contributed by atoms with E-state index in [1.165, 1.54) is 0 Å². The Balaban J connectivity index is 2.31. The van der Waals surface area contributed by atoms with Crippen molar-refractivity contribution in [1.29, 1.82) is 0 Å². The summed E-state index contributed by atoms with van der Waals surface area (Å²) >= 11 is 5.72. The molecular formula is C9H14ClN3O2. The van der Waals surface area contributed by atoms with E-state index in [-0.39, 0.29) is 6.61 Å². The van der Waals surface area contributed by atoms with Gasteiger partial charge in [-0.25, -0.2) is 4.98 Å². The summed E-state index contributed by atoms with van der Waals surface area (Å²) in [5, 5.41) is 11.8. The molecule has 0 unspecified atom stereocenters. The summed E-state index contributed by atoms with van der Waals surface area (Å²) in [6.45, 7) is 1.45. The van der Waals surface area contributed by atoms with Gasteiger partial charge in [0.05, 0.1) is 19.8 Å². The van der Waals surface area contributed by atoms with Crippen molar-refractivity contribution in [3.05, 3.63) is 17.3 Å². The normalized spacial score (nSPS) is 10.3. The van der Waals surface area contributed by atoms with Crippen LogP contribution in [-0.4, -0.2) is 36.5 Å². The van der Waals surface area contributed by atoms with Crippen LogP contribution in [0.5, 0.6) is 0 Å². The number of nitrogens with zero attached hydrogens (tertiary/aromatic N) is 1. The number of ether oxygens (including phenoxy) is 1. The molecule has 0 aliphatic carbocycles. The molecule has 0 fully saturated rings. The number of rotatable bonds is 6. The fourth-order valence-electron chi connectivity index (χ4n) is 1.03. The summed E-state index contributed by atoms with van der Waals surface area (Å²) in [6.07, 6.45) is 0. The monoisotopic (exact) mass is 231 g/mol. The van der Waals surface area contributed by atoms with Gasteiger partial charge >= 0.3 is 0 Å². The molecule has 0 bridgehead atoms. The SMILES string of the molecule is Nc1cc(Cl)nc(NCCOCCO)c1. The molecule has 0 aliphatic heterocycles. The summed E-state index contributed by atoms with van der Waals surface area (Å²) in [5.74, 6) is 0.618. The molecule has 1 aromatic heterocycles. The first-order chi connectivity index (χ1) is 7.22. The molecule has 5 nitrogen and oxygen atoms in total. The van der Waals surface area contributed by atoms with E-state index in [1.54, 1.807) is 12.1 Å². The van der Waals surface area contributed by atoms with Crippen LogP contribution in [0, 0.1) is 0 Å². The van der Waals surface area contributed by atoms with Crippen LogP contribution in [0.15, 0.2) is 12.1 Å². The van der Waals surface area contributed by atoms with Crippen LogP contribution in [-0.2, 0) is 4.74 Å². The molecule has 0 aliphatic rings. The number of nitrogens with two attached hydrogens (primary N) is 1. The van der Waals surface area contributed by atoms with Crippen LogP contribution in [0.25, 0.3) is 0 Å². The predicted molar refractivity (Wildman–Crippen MR) is 60.1 cm³/mol. The van der Waals surface area contributed by atoms with E-state index in [1.807, 2.05) is 0 Å². The Kier molecular flexibility index (Phi) is 5.17. The Morgan fingerprint density at radius 1 is 1.47 bits per heavy atom. The van der Waals surface area contributed by atoms with Gasteiger partial charge in [-0.3, -0.25) is 0 Å². The van der Waals surface area contributed by atoms with Gasteiger partial charge in [0, 0.05) is 18.3 Å². The molecule has 0 radical (unpaired) electrons. The molecule has 0 spiro atoms. The number of halogens is 1. The lowest BCUT2D eigenvalue weighted by molar-refractivity contribution is 0.0992. The minimum absolute atomic E-state index is 0.0301. The average Bonchev–Trinajstić information content (AvgIpc) is 2.16. The zero-order valence-electron chi connectivity index (χ0n) is 8.24. The second kappa shape index (κ2) is 6.44. The molecule has 0 saturated heterocycles. The number of aliphatic hydroxyl groups excluding tert-OH is 1. The summed E-state index contributed by atoms with van der Waals surface area (Å²) in [4.78, 5) is 4.02. The van der Waals surface area contributed by atoms with Crippen LogP contribution in [0.1, 0.15) is 0 Å². The third-order valence-electron chi connectivity index (χ3n) is 1.60. The number of hydrogen-bond acceptors (Lipinski definition) is 5. The molecule has 1 rings (SSSR count). The third-order valence-corrected chi connectivity index (χ3v) is 1.80. The Morgan fingerprint density at radius 2 is 2.27 bits per heavy atom. The standard InChI is InChI=1S/C9H14ClN3O2/c10-8-5-7(11)6-9(13-8)12-1-3-15-4-2-14/h5-6,14H,1-4H2,(H3,11,12,13). The highest BCUT2D eigenvalue weighted by Gasteiger charge is 1.97. The van der Waals surface area contributed by atoms with E-state index < -0.39 is 0 Å². The maximum Gasteiger partial charge on any atom is 0.133 e. The second-order valence-corrected chi connectivity index (χ2v) is 3.26. The zero-order chi connectivity index (χ0) is 11.1. The molecule has 1 aromatic rings. The maximum absolute atomic E-state index is 8.46. The quantitative estimate of drug-likeness (QED) is 0.497. The predicted octanol–water partition coefficient (Wildman–Crippen LogP) is 0.738. The molecule has 15 heavy (non-hydrogen) atoms. The molecule has 0 aromatic carbocycles. The minimum Gasteiger partial charge on any atom is -0.399 e. The molecule has 0 atom stereocenters. The third kappa shape index (κ3) is 4.83. The summed E-state index contributed by atoms with van der Waals surface area (Å²) < 4.78 is 5.06. The molecule has 0 amide bonds. The van der Waals surface area contributed by atoms with Crippen LogP contribution in [0.4, 0.5) is 11.5 Å². The second-order valence-electron chi connectivity index (χ2n) is 2.87. The van der Waals surface area contributed by atoms with Gasteiger partial charge in [-0.1, -0.05) is 11.6 Å². The molecule has 1 heterocycles. The number of aliphatic hydroxyl groups is 1. The van der Waals surface area contributed by atoms with Gasteiger partial charge in [0.25, 0.3) is 0 Å². The first-order valence-corrected chi connectivity index (χ1v) is 4.95. The Hall–Kier alpha value is -1.04. The lowest BCUT2D eigenvalue weighted by atomic mass is 10.4. The Bertz CT molecular complexity index is 289. The van der Waals surface area contributed by atoms with Crippen molar-refractivity contribution in [3.63, 3.8) is 0 Å². The number of aromatic nitrogens is 1. The Labute approximate surface area is 93.2 Å². The van der Waals surface area contributed by atoms with Gasteiger partial charge in [0.1, 0.15) is 11.0 Å². The number of pyridine rings is 1. The van der Waals surface area contributed by atoms with Crippen LogP contribution in [0.2, 0.25) is 5.15 Å². The van der Waals surface area contributed by atoms with E-state index in [9.17, 15) is 0 Å². The average molecular weight is 232 g/mol. The fourth-order valence-corrected chi connectivity index (χ4v) is 1.24. The van der Waals surface area contributed by atoms with Crippen molar-refractivity contribution in [2.24, 2.45) is 0 Å².